The fraction of sp³-hybridized carbons (Fsp3) is 0.400. The third kappa shape index (κ3) is 3.39. The summed E-state index contributed by atoms with van der Waals surface area (Å²) in [4.78, 5) is 35.9. The Balaban J connectivity index is 2.02. The van der Waals surface area contributed by atoms with Gasteiger partial charge in [0.2, 0.25) is 5.91 Å². The van der Waals surface area contributed by atoms with Crippen molar-refractivity contribution in [3.63, 3.8) is 0 Å². The molecule has 1 aliphatic heterocycles. The molecule has 1 saturated heterocycles. The summed E-state index contributed by atoms with van der Waals surface area (Å²) >= 11 is 0. The molecule has 0 radical (unpaired) electrons. The molecule has 6 heteroatoms. The second kappa shape index (κ2) is 5.55. The molecule has 112 valence electrons. The maximum Gasteiger partial charge on any atom is 0.325 e. The highest BCUT2D eigenvalue weighted by molar-refractivity contribution is 6.06. The van der Waals surface area contributed by atoms with E-state index in [1.165, 1.54) is 11.8 Å². The van der Waals surface area contributed by atoms with Gasteiger partial charge >= 0.3 is 6.03 Å². The molecular formula is C15H19N3O3. The molecule has 4 amide bonds. The summed E-state index contributed by atoms with van der Waals surface area (Å²) < 4.78 is 0. The highest BCUT2D eigenvalue weighted by Crippen LogP contribution is 2.19. The summed E-state index contributed by atoms with van der Waals surface area (Å²) in [6.45, 7) is 5.54. The lowest BCUT2D eigenvalue weighted by molar-refractivity contribution is -0.130. The first-order valence-electron chi connectivity index (χ1n) is 6.76. The molecule has 0 unspecified atom stereocenters. The van der Waals surface area contributed by atoms with Crippen molar-refractivity contribution in [2.75, 3.05) is 0 Å². The van der Waals surface area contributed by atoms with Crippen molar-refractivity contribution in [1.82, 2.24) is 15.5 Å². The van der Waals surface area contributed by atoms with Gasteiger partial charge in [-0.05, 0) is 25.0 Å². The number of rotatable bonds is 4. The number of carbonyl (C=O) groups is 3. The first-order chi connectivity index (χ1) is 9.79. The van der Waals surface area contributed by atoms with Gasteiger partial charge in [0.25, 0.3) is 5.91 Å². The van der Waals surface area contributed by atoms with Gasteiger partial charge in [0.15, 0.2) is 0 Å². The van der Waals surface area contributed by atoms with E-state index in [0.29, 0.717) is 6.54 Å². The standard InChI is InChI=1S/C15H19N3O3/c1-10(19)16-8-11-4-6-12(7-5-11)9-18-13(20)15(2,3)17-14(18)21/h4-7H,8-9H2,1-3H3,(H,16,19)(H,17,21). The van der Waals surface area contributed by atoms with E-state index >= 15 is 0 Å². The topological polar surface area (TPSA) is 78.5 Å². The lowest BCUT2D eigenvalue weighted by Crippen LogP contribution is -2.40. The van der Waals surface area contributed by atoms with Crippen molar-refractivity contribution >= 4 is 17.8 Å². The molecule has 1 heterocycles. The van der Waals surface area contributed by atoms with E-state index in [-0.39, 0.29) is 24.4 Å². The fourth-order valence-corrected chi connectivity index (χ4v) is 2.13. The molecule has 1 fully saturated rings. The highest BCUT2D eigenvalue weighted by Gasteiger charge is 2.43. The maximum atomic E-state index is 12.1. The molecule has 1 aliphatic rings. The summed E-state index contributed by atoms with van der Waals surface area (Å²) in [6.07, 6.45) is 0. The first kappa shape index (κ1) is 15.0. The van der Waals surface area contributed by atoms with Gasteiger partial charge in [0, 0.05) is 13.5 Å². The minimum Gasteiger partial charge on any atom is -0.352 e. The molecule has 0 bridgehead atoms. The molecule has 2 N–H and O–H groups in total. The van der Waals surface area contributed by atoms with Crippen LogP contribution in [0.2, 0.25) is 0 Å². The smallest absolute Gasteiger partial charge is 0.325 e. The zero-order chi connectivity index (χ0) is 15.6. The van der Waals surface area contributed by atoms with E-state index in [2.05, 4.69) is 10.6 Å². The molecule has 21 heavy (non-hydrogen) atoms. The van der Waals surface area contributed by atoms with Gasteiger partial charge < -0.3 is 10.6 Å². The van der Waals surface area contributed by atoms with Crippen LogP contribution >= 0.6 is 0 Å². The van der Waals surface area contributed by atoms with Gasteiger partial charge in [-0.15, -0.1) is 0 Å². The average molecular weight is 289 g/mol. The molecule has 6 nitrogen and oxygen atoms in total. The number of hydrogen-bond donors (Lipinski definition) is 2. The van der Waals surface area contributed by atoms with Crippen LogP contribution in [0.1, 0.15) is 31.9 Å². The van der Waals surface area contributed by atoms with Crippen LogP contribution in [0.3, 0.4) is 0 Å². The second-order valence-electron chi connectivity index (χ2n) is 5.67. The minimum atomic E-state index is -0.845. The normalized spacial score (nSPS) is 16.8. The Morgan fingerprint density at radius 2 is 1.76 bits per heavy atom. The van der Waals surface area contributed by atoms with Crippen LogP contribution < -0.4 is 10.6 Å². The van der Waals surface area contributed by atoms with E-state index in [4.69, 9.17) is 0 Å². The number of nitrogens with one attached hydrogen (secondary N) is 2. The molecular weight excluding hydrogens is 270 g/mol. The van der Waals surface area contributed by atoms with Gasteiger partial charge in [-0.2, -0.15) is 0 Å². The van der Waals surface area contributed by atoms with Crippen molar-refractivity contribution < 1.29 is 14.4 Å². The summed E-state index contributed by atoms with van der Waals surface area (Å²) in [7, 11) is 0. The lowest BCUT2D eigenvalue weighted by atomic mass is 10.1. The van der Waals surface area contributed by atoms with Crippen LogP contribution in [0.15, 0.2) is 24.3 Å². The Morgan fingerprint density at radius 3 is 2.24 bits per heavy atom. The second-order valence-corrected chi connectivity index (χ2v) is 5.67. The zero-order valence-corrected chi connectivity index (χ0v) is 12.4. The van der Waals surface area contributed by atoms with E-state index in [1.54, 1.807) is 13.8 Å². The molecule has 0 saturated carbocycles. The average Bonchev–Trinajstić information content (AvgIpc) is 2.60. The Labute approximate surface area is 123 Å². The summed E-state index contributed by atoms with van der Waals surface area (Å²) in [5, 5.41) is 5.36. The number of nitrogens with zero attached hydrogens (tertiary/aromatic N) is 1. The van der Waals surface area contributed by atoms with Crippen LogP contribution in [-0.2, 0) is 22.7 Å². The number of amides is 4. The van der Waals surface area contributed by atoms with Crippen LogP contribution in [0.25, 0.3) is 0 Å². The molecule has 0 aromatic heterocycles. The SMILES string of the molecule is CC(=O)NCc1ccc(CN2C(=O)NC(C)(C)C2=O)cc1. The minimum absolute atomic E-state index is 0.0827. The summed E-state index contributed by atoms with van der Waals surface area (Å²) in [5.74, 6) is -0.310. The highest BCUT2D eigenvalue weighted by atomic mass is 16.2. The van der Waals surface area contributed by atoms with Crippen molar-refractivity contribution in [2.45, 2.75) is 39.4 Å². The number of carbonyl (C=O) groups excluding carboxylic acids is 3. The Hall–Kier alpha value is -2.37. The number of urea groups is 1. The Morgan fingerprint density at radius 1 is 1.19 bits per heavy atom. The monoisotopic (exact) mass is 289 g/mol. The van der Waals surface area contributed by atoms with Crippen molar-refractivity contribution in [3.8, 4) is 0 Å². The fourth-order valence-electron chi connectivity index (χ4n) is 2.13. The molecule has 0 atom stereocenters. The van der Waals surface area contributed by atoms with E-state index < -0.39 is 5.54 Å². The van der Waals surface area contributed by atoms with Gasteiger partial charge in [0.1, 0.15) is 5.54 Å². The number of hydrogen-bond acceptors (Lipinski definition) is 3. The maximum absolute atomic E-state index is 12.1. The van der Waals surface area contributed by atoms with Crippen molar-refractivity contribution in [2.24, 2.45) is 0 Å². The zero-order valence-electron chi connectivity index (χ0n) is 12.4. The van der Waals surface area contributed by atoms with Crippen LogP contribution in [-0.4, -0.2) is 28.3 Å². The third-order valence-corrected chi connectivity index (χ3v) is 3.35. The van der Waals surface area contributed by atoms with E-state index in [9.17, 15) is 14.4 Å². The van der Waals surface area contributed by atoms with Crippen LogP contribution in [0.4, 0.5) is 4.79 Å². The van der Waals surface area contributed by atoms with Gasteiger partial charge in [-0.3, -0.25) is 14.5 Å². The molecule has 0 spiro atoms. The molecule has 0 aliphatic carbocycles. The lowest BCUT2D eigenvalue weighted by Gasteiger charge is -2.16. The van der Waals surface area contributed by atoms with Crippen LogP contribution in [0, 0.1) is 0 Å². The predicted molar refractivity (Wildman–Crippen MR) is 77.1 cm³/mol. The van der Waals surface area contributed by atoms with E-state index in [1.807, 2.05) is 24.3 Å². The number of imide groups is 1. The first-order valence-corrected chi connectivity index (χ1v) is 6.76. The predicted octanol–water partition coefficient (Wildman–Crippen LogP) is 1.15. The number of benzene rings is 1. The largest absolute Gasteiger partial charge is 0.352 e. The molecule has 1 aromatic carbocycles. The van der Waals surface area contributed by atoms with Gasteiger partial charge in [-0.1, -0.05) is 24.3 Å². The Kier molecular flexibility index (Phi) is 3.97. The van der Waals surface area contributed by atoms with Gasteiger partial charge in [0.05, 0.1) is 6.54 Å². The van der Waals surface area contributed by atoms with Gasteiger partial charge in [-0.25, -0.2) is 4.79 Å². The summed E-state index contributed by atoms with van der Waals surface area (Å²) in [6, 6.07) is 7.07. The summed E-state index contributed by atoms with van der Waals surface area (Å²) in [5.41, 5.74) is 0.983. The van der Waals surface area contributed by atoms with Crippen molar-refractivity contribution in [3.05, 3.63) is 35.4 Å². The van der Waals surface area contributed by atoms with Crippen molar-refractivity contribution in [1.29, 1.82) is 0 Å². The molecule has 2 rings (SSSR count). The van der Waals surface area contributed by atoms with Crippen LogP contribution in [0.5, 0.6) is 0 Å². The van der Waals surface area contributed by atoms with E-state index in [0.717, 1.165) is 11.1 Å². The quantitative estimate of drug-likeness (QED) is 0.816. The third-order valence-electron chi connectivity index (χ3n) is 3.35. The Bertz CT molecular complexity index is 578. The molecule has 1 aromatic rings.